The van der Waals surface area contributed by atoms with Crippen molar-refractivity contribution in [3.05, 3.63) is 65.5 Å². The van der Waals surface area contributed by atoms with E-state index in [1.807, 2.05) is 36.1 Å². The van der Waals surface area contributed by atoms with Crippen molar-refractivity contribution >= 4 is 16.9 Å². The molecule has 2 heterocycles. The second-order valence-corrected chi connectivity index (χ2v) is 7.15. The fourth-order valence-corrected chi connectivity index (χ4v) is 3.76. The molecule has 5 heteroatoms. The van der Waals surface area contributed by atoms with Crippen LogP contribution in [0.5, 0.6) is 0 Å². The number of imidazole rings is 1. The number of nitrogens with one attached hydrogen (secondary N) is 1. The second-order valence-electron chi connectivity index (χ2n) is 7.15. The van der Waals surface area contributed by atoms with Crippen LogP contribution >= 0.6 is 0 Å². The molecule has 1 aliphatic rings. The molecule has 1 atom stereocenters. The zero-order chi connectivity index (χ0) is 18.6. The summed E-state index contributed by atoms with van der Waals surface area (Å²) in [4.78, 5) is 22.7. The van der Waals surface area contributed by atoms with E-state index in [0.29, 0.717) is 25.3 Å². The number of hydrogen-bond donors (Lipinski definition) is 1. The van der Waals surface area contributed by atoms with E-state index in [1.54, 1.807) is 0 Å². The summed E-state index contributed by atoms with van der Waals surface area (Å²) >= 11 is 0. The lowest BCUT2D eigenvalue weighted by Gasteiger charge is -2.33. The monoisotopic (exact) mass is 363 g/mol. The highest BCUT2D eigenvalue weighted by molar-refractivity contribution is 6.04. The summed E-state index contributed by atoms with van der Waals surface area (Å²) in [7, 11) is 0. The molecule has 1 saturated heterocycles. The van der Waals surface area contributed by atoms with Crippen LogP contribution in [0.4, 0.5) is 0 Å². The minimum atomic E-state index is 0.0449. The number of ether oxygens (including phenoxy) is 1. The van der Waals surface area contributed by atoms with Crippen molar-refractivity contribution in [3.8, 4) is 0 Å². The van der Waals surface area contributed by atoms with Crippen LogP contribution in [-0.4, -0.2) is 46.6 Å². The maximum absolute atomic E-state index is 13.1. The maximum Gasteiger partial charge on any atom is 0.256 e. The molecule has 1 aliphatic heterocycles. The number of aromatic amines is 1. The largest absolute Gasteiger partial charge is 0.375 e. The Kier molecular flexibility index (Phi) is 5.21. The van der Waals surface area contributed by atoms with Crippen molar-refractivity contribution in [3.63, 3.8) is 0 Å². The van der Waals surface area contributed by atoms with Gasteiger partial charge in [0.15, 0.2) is 0 Å². The Bertz CT molecular complexity index is 920. The highest BCUT2D eigenvalue weighted by atomic mass is 16.5. The number of aromatic nitrogens is 2. The number of carbonyl (C=O) groups excluding carboxylic acids is 1. The molecule has 140 valence electrons. The lowest BCUT2D eigenvalue weighted by atomic mass is 10.0. The van der Waals surface area contributed by atoms with Gasteiger partial charge in [0.25, 0.3) is 5.91 Å². The number of rotatable bonds is 5. The van der Waals surface area contributed by atoms with Gasteiger partial charge in [0.05, 0.1) is 23.8 Å². The van der Waals surface area contributed by atoms with Gasteiger partial charge < -0.3 is 14.6 Å². The van der Waals surface area contributed by atoms with Gasteiger partial charge in [0, 0.05) is 13.1 Å². The van der Waals surface area contributed by atoms with E-state index in [0.717, 1.165) is 36.1 Å². The molecule has 1 amide bonds. The Labute approximate surface area is 159 Å². The Morgan fingerprint density at radius 1 is 1.22 bits per heavy atom. The van der Waals surface area contributed by atoms with Crippen molar-refractivity contribution in [1.29, 1.82) is 0 Å². The van der Waals surface area contributed by atoms with Crippen LogP contribution in [0, 0.1) is 6.92 Å². The molecule has 1 N–H and O–H groups in total. The normalized spacial score (nSPS) is 17.4. The predicted molar refractivity (Wildman–Crippen MR) is 106 cm³/mol. The number of aryl methyl sites for hydroxylation is 2. The molecular weight excluding hydrogens is 338 g/mol. The fourth-order valence-electron chi connectivity index (χ4n) is 3.76. The van der Waals surface area contributed by atoms with Crippen molar-refractivity contribution in [2.45, 2.75) is 32.3 Å². The van der Waals surface area contributed by atoms with E-state index >= 15 is 0 Å². The summed E-state index contributed by atoms with van der Waals surface area (Å²) in [5.41, 5.74) is 3.68. The zero-order valence-electron chi connectivity index (χ0n) is 15.6. The number of H-pyrrole nitrogens is 1. The first-order valence-electron chi connectivity index (χ1n) is 9.61. The molecule has 0 spiro atoms. The van der Waals surface area contributed by atoms with Gasteiger partial charge in [-0.15, -0.1) is 0 Å². The van der Waals surface area contributed by atoms with Crippen molar-refractivity contribution in [2.24, 2.45) is 0 Å². The van der Waals surface area contributed by atoms with Gasteiger partial charge in [-0.05, 0) is 43.9 Å². The summed E-state index contributed by atoms with van der Waals surface area (Å²) < 4.78 is 5.91. The third-order valence-corrected chi connectivity index (χ3v) is 5.12. The van der Waals surface area contributed by atoms with Crippen LogP contribution < -0.4 is 0 Å². The number of para-hydroxylation sites is 1. The minimum absolute atomic E-state index is 0.0449. The van der Waals surface area contributed by atoms with Crippen LogP contribution in [0.3, 0.4) is 0 Å². The zero-order valence-corrected chi connectivity index (χ0v) is 15.6. The topological polar surface area (TPSA) is 58.2 Å². The van der Waals surface area contributed by atoms with Crippen LogP contribution in [-0.2, 0) is 11.2 Å². The standard InChI is InChI=1S/C22H25N3O2/c1-16-23-20-12-6-11-19(21(20)24-16)22(26)25-13-14-27-18(15-25)10-5-9-17-7-3-2-4-8-17/h2-4,6-8,11-12,18H,5,9-10,13-15H2,1H3,(H,23,24). The Morgan fingerprint density at radius 2 is 2.07 bits per heavy atom. The highest BCUT2D eigenvalue weighted by Gasteiger charge is 2.26. The minimum Gasteiger partial charge on any atom is -0.375 e. The molecule has 3 aromatic rings. The van der Waals surface area contributed by atoms with Gasteiger partial charge in [-0.3, -0.25) is 4.79 Å². The first-order valence-corrected chi connectivity index (χ1v) is 9.61. The molecule has 1 unspecified atom stereocenters. The van der Waals surface area contributed by atoms with E-state index < -0.39 is 0 Å². The second kappa shape index (κ2) is 7.92. The number of carbonyl (C=O) groups is 1. The van der Waals surface area contributed by atoms with Crippen molar-refractivity contribution in [1.82, 2.24) is 14.9 Å². The van der Waals surface area contributed by atoms with Crippen LogP contribution in [0.15, 0.2) is 48.5 Å². The van der Waals surface area contributed by atoms with Crippen LogP contribution in [0.2, 0.25) is 0 Å². The molecule has 2 aromatic carbocycles. The number of amides is 1. The van der Waals surface area contributed by atoms with Crippen LogP contribution in [0.1, 0.15) is 34.6 Å². The highest BCUT2D eigenvalue weighted by Crippen LogP contribution is 2.20. The first-order chi connectivity index (χ1) is 13.2. The molecule has 5 nitrogen and oxygen atoms in total. The first kappa shape index (κ1) is 17.7. The van der Waals surface area contributed by atoms with Crippen molar-refractivity contribution < 1.29 is 9.53 Å². The van der Waals surface area contributed by atoms with Crippen molar-refractivity contribution in [2.75, 3.05) is 19.7 Å². The average Bonchev–Trinajstić information content (AvgIpc) is 3.09. The summed E-state index contributed by atoms with van der Waals surface area (Å²) in [6.07, 6.45) is 3.17. The Balaban J connectivity index is 1.39. The molecule has 0 bridgehead atoms. The lowest BCUT2D eigenvalue weighted by molar-refractivity contribution is -0.0254. The van der Waals surface area contributed by atoms with Gasteiger partial charge in [-0.1, -0.05) is 36.4 Å². The van der Waals surface area contributed by atoms with E-state index in [1.165, 1.54) is 5.56 Å². The molecular formula is C22H25N3O2. The molecule has 27 heavy (non-hydrogen) atoms. The predicted octanol–water partition coefficient (Wildman–Crippen LogP) is 3.74. The summed E-state index contributed by atoms with van der Waals surface area (Å²) in [6.45, 7) is 3.78. The summed E-state index contributed by atoms with van der Waals surface area (Å²) in [5, 5.41) is 0. The van der Waals surface area contributed by atoms with Gasteiger partial charge >= 0.3 is 0 Å². The number of hydrogen-bond acceptors (Lipinski definition) is 3. The van der Waals surface area contributed by atoms with Crippen LogP contribution in [0.25, 0.3) is 11.0 Å². The van der Waals surface area contributed by atoms with Gasteiger partial charge in [0.2, 0.25) is 0 Å². The van der Waals surface area contributed by atoms with Gasteiger partial charge in [0.1, 0.15) is 11.3 Å². The smallest absolute Gasteiger partial charge is 0.256 e. The third-order valence-electron chi connectivity index (χ3n) is 5.12. The number of morpholine rings is 1. The Morgan fingerprint density at radius 3 is 2.93 bits per heavy atom. The SMILES string of the molecule is Cc1nc2c(C(=O)N3CCOC(CCCc4ccccc4)C3)cccc2[nH]1. The lowest BCUT2D eigenvalue weighted by Crippen LogP contribution is -2.45. The molecule has 0 radical (unpaired) electrons. The molecule has 0 saturated carbocycles. The van der Waals surface area contributed by atoms with Gasteiger partial charge in [-0.25, -0.2) is 4.98 Å². The fraction of sp³-hybridized carbons (Fsp3) is 0.364. The van der Waals surface area contributed by atoms with E-state index in [4.69, 9.17) is 4.74 Å². The molecule has 0 aliphatic carbocycles. The molecule has 1 fully saturated rings. The molecule has 4 rings (SSSR count). The average molecular weight is 363 g/mol. The van der Waals surface area contributed by atoms with E-state index in [2.05, 4.69) is 34.2 Å². The summed E-state index contributed by atoms with van der Waals surface area (Å²) in [6, 6.07) is 16.2. The third kappa shape index (κ3) is 4.03. The maximum atomic E-state index is 13.1. The van der Waals surface area contributed by atoms with Gasteiger partial charge in [-0.2, -0.15) is 0 Å². The van der Waals surface area contributed by atoms with E-state index in [9.17, 15) is 4.79 Å². The molecule has 1 aromatic heterocycles. The number of benzene rings is 2. The number of fused-ring (bicyclic) bond motifs is 1. The summed E-state index contributed by atoms with van der Waals surface area (Å²) in [5.74, 6) is 0.870. The quantitative estimate of drug-likeness (QED) is 0.751. The van der Waals surface area contributed by atoms with E-state index in [-0.39, 0.29) is 12.0 Å². The number of nitrogens with zero attached hydrogens (tertiary/aromatic N) is 2. The Hall–Kier alpha value is -2.66.